The van der Waals surface area contributed by atoms with Crippen LogP contribution in [0.2, 0.25) is 0 Å². The normalized spacial score (nSPS) is 0.154. The Kier molecular flexibility index (Phi) is 19800000000. The zero-order valence-corrected chi connectivity index (χ0v) is 7.48. The minimum atomic E-state index is 0. The molecule has 0 aliphatic carbocycles. The van der Waals surface area contributed by atoms with E-state index in [4.69, 9.17) is 5.21 Å². The van der Waals surface area contributed by atoms with E-state index in [2.05, 4.69) is 5.90 Å². The molecule has 313 valence electrons. The third-order valence-electron chi connectivity index (χ3n) is 0. The molecule has 3 N–H and O–H groups in total. The average Bonchev–Trinajstić information content (AvgIpc) is 1.00. The standard InChI is InChI=1S/34CH4.H3NO.No.H3P.V/c;;;;;;;;;;;;;;;;;;;;;;;;;;;;;;;;;;1-2;;;/h34*1H4;2H,1H2;;1H3;. The molecule has 2 nitrogen and oxygen atoms in total. The van der Waals surface area contributed by atoms with Crippen molar-refractivity contribution in [3.8, 4) is 0 Å². The predicted molar refractivity (Wildman–Crippen MR) is 246 cm³/mol. The summed E-state index contributed by atoms with van der Waals surface area (Å²) in [5, 5.41) is 6.50. The van der Waals surface area contributed by atoms with Gasteiger partial charge in [0.25, 0.3) is 0 Å². The van der Waals surface area contributed by atoms with E-state index in [9.17, 15) is 0 Å². The van der Waals surface area contributed by atoms with E-state index in [1.807, 2.05) is 0 Å². The molecule has 0 rings (SSSR count). The van der Waals surface area contributed by atoms with E-state index in [0.29, 0.717) is 0 Å². The first kappa shape index (κ1) is 64200. The van der Waals surface area contributed by atoms with Gasteiger partial charge in [-0.05, 0) is 0 Å². The van der Waals surface area contributed by atoms with Crippen molar-refractivity contribution in [2.75, 3.05) is 0 Å². The van der Waals surface area contributed by atoms with Crippen molar-refractivity contribution in [2.24, 2.45) is 5.90 Å². The topological polar surface area (TPSA) is 46.2 Å². The number of nitrogens with two attached hydrogens (primary N) is 1. The van der Waals surface area contributed by atoms with Crippen molar-refractivity contribution in [1.82, 2.24) is 0 Å². The summed E-state index contributed by atoms with van der Waals surface area (Å²) in [6.07, 6.45) is 0. The van der Waals surface area contributed by atoms with Gasteiger partial charge in [-0.15, -0.1) is 0 Å². The molecule has 1 atom stereocenters. The molecule has 1 unspecified atom stereocenters. The average molecular weight is 922 g/mol. The Morgan fingerprint density at radius 1 is 0.179 bits per heavy atom. The Labute approximate surface area is 291 Å². The monoisotopic (exact) mass is 922 g/mol. The van der Waals surface area contributed by atoms with E-state index >= 15 is 0 Å². The summed E-state index contributed by atoms with van der Waals surface area (Å²) in [7, 11) is 0. The maximum atomic E-state index is 6.50. The Morgan fingerprint density at radius 3 is 0.179 bits per heavy atom. The zero-order chi connectivity index (χ0) is 2.00. The van der Waals surface area contributed by atoms with Crippen molar-refractivity contribution in [2.45, 2.75) is 253 Å². The van der Waals surface area contributed by atoms with E-state index < -0.39 is 0 Å². The van der Waals surface area contributed by atoms with E-state index in [0.717, 1.165) is 0 Å². The van der Waals surface area contributed by atoms with Crippen LogP contribution in [0.5, 0.6) is 0 Å². The molecule has 0 aromatic carbocycles. The maximum Gasteiger partial charge on any atom is 0 e. The molecule has 0 amide bonds. The van der Waals surface area contributed by atoms with Crippen LogP contribution in [0.15, 0.2) is 0 Å². The molecule has 5 heteroatoms. The molecule has 0 aromatic rings. The van der Waals surface area contributed by atoms with Gasteiger partial charge in [-0.2, -0.15) is 9.90 Å². The number of hydrogen-bond acceptors (Lipinski definition) is 2. The zero-order valence-electron chi connectivity index (χ0n) is 2.45. The molecule has 0 spiro atoms. The van der Waals surface area contributed by atoms with Crippen LogP contribution < -0.4 is 5.90 Å². The molecule has 0 aliphatic rings. The van der Waals surface area contributed by atoms with Crippen molar-refractivity contribution in [3.63, 3.8) is 0 Å². The van der Waals surface area contributed by atoms with Crippen LogP contribution in [-0.2, 0) is 18.6 Å². The van der Waals surface area contributed by atoms with Crippen LogP contribution >= 0.6 is 9.90 Å². The van der Waals surface area contributed by atoms with Gasteiger partial charge in [0, 0.05) is 18.6 Å². The van der Waals surface area contributed by atoms with Gasteiger partial charge < -0.3 is 5.21 Å². The summed E-state index contributed by atoms with van der Waals surface area (Å²) in [5.41, 5.74) is 0. The van der Waals surface area contributed by atoms with E-state index in [-0.39, 0.29) is 281 Å². The molecule has 0 bridgehead atoms. The first-order valence-electron chi connectivity index (χ1n) is 0.258. The van der Waals surface area contributed by atoms with Crippen LogP contribution in [-0.4, -0.2) is 5.21 Å². The van der Waals surface area contributed by atoms with Crippen LogP contribution in [0.4, 0.5) is 0 Å². The second-order valence-corrected chi connectivity index (χ2v) is 0. The summed E-state index contributed by atoms with van der Waals surface area (Å²) >= 11 is 0. The van der Waals surface area contributed by atoms with Crippen molar-refractivity contribution in [1.29, 1.82) is 0 Å². The van der Waals surface area contributed by atoms with Gasteiger partial charge in [-0.3, -0.25) is 0 Å². The fraction of sp³-hybridized carbons (Fsp3) is 1.00. The van der Waals surface area contributed by atoms with Crippen LogP contribution in [0.25, 0.3) is 0 Å². The Hall–Kier alpha value is -0.0656. The molecule has 0 aromatic heterocycles. The van der Waals surface area contributed by atoms with E-state index in [1.165, 1.54) is 0 Å². The Bertz CT molecular complexity index is 33.2. The summed E-state index contributed by atoms with van der Waals surface area (Å²) < 4.78 is 0. The fourth-order valence-corrected chi connectivity index (χ4v) is 0. The Morgan fingerprint density at radius 2 is 0.179 bits per heavy atom. The fourth-order valence-electron chi connectivity index (χ4n) is 0. The molecular weight excluding hydrogens is 779 g/mol. The maximum absolute atomic E-state index is 6.50. The molecule has 0 heterocycles. The molecular formula is C34H142NNoOPV. The van der Waals surface area contributed by atoms with E-state index in [1.54, 1.807) is 0 Å². The summed E-state index contributed by atoms with van der Waals surface area (Å²) in [6, 6.07) is 0. The van der Waals surface area contributed by atoms with Gasteiger partial charge in [-0.1, -0.05) is 253 Å². The molecule has 1 radical (unpaired) electrons. The summed E-state index contributed by atoms with van der Waals surface area (Å²) in [5.74, 6) is 3.50. The van der Waals surface area contributed by atoms with Crippen LogP contribution in [0, 0.1) is 0 Å². The van der Waals surface area contributed by atoms with Crippen LogP contribution in [0.1, 0.15) is 253 Å². The van der Waals surface area contributed by atoms with Gasteiger partial charge >= 0.3 is 0 Å². The quantitative estimate of drug-likeness (QED) is 0.188. The molecule has 0 saturated carbocycles. The van der Waals surface area contributed by atoms with Crippen molar-refractivity contribution in [3.05, 3.63) is 0 Å². The molecule has 0 saturated heterocycles. The first-order valence-corrected chi connectivity index (χ1v) is 0.258. The van der Waals surface area contributed by atoms with Crippen molar-refractivity contribution >= 4 is 9.90 Å². The molecule has 39 heavy (non-hydrogen) atoms. The number of hydrogen-bond donors (Lipinski definition) is 2. The predicted octanol–water partition coefficient (Wildman–Crippen LogP) is 21.0. The minimum Gasteiger partial charge on any atom is -0.320 e. The van der Waals surface area contributed by atoms with Gasteiger partial charge in [0.1, 0.15) is 0 Å². The summed E-state index contributed by atoms with van der Waals surface area (Å²) in [4.78, 5) is 0. The molecule has 0 fully saturated rings. The molecule has 0 aliphatic heterocycles. The van der Waals surface area contributed by atoms with Crippen molar-refractivity contribution < 1.29 is 23.8 Å². The second kappa shape index (κ2) is 12000000. The Balaban J connectivity index is -0.00000000000751. The first-order chi connectivity index (χ1) is 1.00. The smallest absolute Gasteiger partial charge is 0 e. The number of rotatable bonds is 0. The third kappa shape index (κ3) is 11400000. The van der Waals surface area contributed by atoms with Gasteiger partial charge in [0.2, 0.25) is 0 Å². The SMILES string of the molecule is C.C.C.C.C.C.C.C.C.C.C.C.C.C.C.C.C.C.C.C.C.C.C.C.C.C.C.C.C.C.C.C.C.C.NO.P.[No].[V]. The van der Waals surface area contributed by atoms with Gasteiger partial charge in [-0.25, -0.2) is 5.90 Å². The van der Waals surface area contributed by atoms with Gasteiger partial charge in [0.15, 0.2) is 0 Å². The minimum absolute atomic E-state index is 0. The largest absolute Gasteiger partial charge is 0.320 e. The summed E-state index contributed by atoms with van der Waals surface area (Å²) in [6.45, 7) is 0. The van der Waals surface area contributed by atoms with Crippen LogP contribution in [0.3, 0.4) is 0 Å². The second-order valence-electron chi connectivity index (χ2n) is 0. The third-order valence-corrected chi connectivity index (χ3v) is 0. The van der Waals surface area contributed by atoms with Gasteiger partial charge in [0.05, 0.1) is 0 Å².